The van der Waals surface area contributed by atoms with E-state index in [9.17, 15) is 9.59 Å². The summed E-state index contributed by atoms with van der Waals surface area (Å²) in [6.07, 6.45) is 10.7. The van der Waals surface area contributed by atoms with Gasteiger partial charge in [0.1, 0.15) is 6.54 Å². The standard InChI is InChI=1S/C19H22N4O4/c1-26-16-10-13(19(25)21-14-5-3-4-6-14)9-15(18(16)27-2)22-17(24)11-23-8-7-20-12-23/h3,5,7-10,12,14H,4,6,11H2,1-2H3,(H,21,25)(H,22,24). The summed E-state index contributed by atoms with van der Waals surface area (Å²) < 4.78 is 12.4. The van der Waals surface area contributed by atoms with Crippen LogP contribution in [-0.2, 0) is 11.3 Å². The van der Waals surface area contributed by atoms with E-state index in [0.29, 0.717) is 22.7 Å². The number of allylic oxidation sites excluding steroid dienone is 1. The number of ether oxygens (including phenoxy) is 2. The summed E-state index contributed by atoms with van der Waals surface area (Å²) in [5.74, 6) is 0.209. The van der Waals surface area contributed by atoms with Gasteiger partial charge in [0.2, 0.25) is 5.91 Å². The summed E-state index contributed by atoms with van der Waals surface area (Å²) in [7, 11) is 2.96. The molecule has 2 N–H and O–H groups in total. The van der Waals surface area contributed by atoms with Crippen LogP contribution in [0, 0.1) is 0 Å². The van der Waals surface area contributed by atoms with E-state index in [1.807, 2.05) is 12.2 Å². The van der Waals surface area contributed by atoms with Crippen LogP contribution in [0.1, 0.15) is 23.2 Å². The zero-order valence-corrected chi connectivity index (χ0v) is 15.3. The maximum Gasteiger partial charge on any atom is 0.251 e. The van der Waals surface area contributed by atoms with Crippen molar-refractivity contribution in [3.63, 3.8) is 0 Å². The molecule has 1 aliphatic rings. The maximum atomic E-state index is 12.6. The van der Waals surface area contributed by atoms with Crippen LogP contribution in [-0.4, -0.2) is 41.6 Å². The molecule has 0 bridgehead atoms. The zero-order chi connectivity index (χ0) is 19.2. The lowest BCUT2D eigenvalue weighted by Crippen LogP contribution is -2.32. The predicted molar refractivity (Wildman–Crippen MR) is 100 cm³/mol. The third kappa shape index (κ3) is 4.46. The van der Waals surface area contributed by atoms with Crippen molar-refractivity contribution < 1.29 is 19.1 Å². The Morgan fingerprint density at radius 3 is 2.78 bits per heavy atom. The second-order valence-electron chi connectivity index (χ2n) is 6.13. The van der Waals surface area contributed by atoms with E-state index in [1.165, 1.54) is 14.2 Å². The molecule has 0 saturated carbocycles. The molecule has 142 valence electrons. The molecule has 0 spiro atoms. The van der Waals surface area contributed by atoms with Gasteiger partial charge in [0, 0.05) is 24.0 Å². The molecular weight excluding hydrogens is 348 g/mol. The lowest BCUT2D eigenvalue weighted by molar-refractivity contribution is -0.116. The van der Waals surface area contributed by atoms with Gasteiger partial charge in [-0.15, -0.1) is 0 Å². The second kappa shape index (κ2) is 8.39. The fourth-order valence-corrected chi connectivity index (χ4v) is 2.93. The first-order valence-electron chi connectivity index (χ1n) is 8.60. The molecule has 1 atom stereocenters. The van der Waals surface area contributed by atoms with Crippen LogP contribution in [0.3, 0.4) is 0 Å². The largest absolute Gasteiger partial charge is 0.493 e. The van der Waals surface area contributed by atoms with Gasteiger partial charge in [-0.1, -0.05) is 12.2 Å². The number of aromatic nitrogens is 2. The molecule has 8 nitrogen and oxygen atoms in total. The van der Waals surface area contributed by atoms with Crippen LogP contribution in [0.5, 0.6) is 11.5 Å². The van der Waals surface area contributed by atoms with Gasteiger partial charge < -0.3 is 24.7 Å². The van der Waals surface area contributed by atoms with Crippen molar-refractivity contribution in [2.24, 2.45) is 0 Å². The Morgan fingerprint density at radius 1 is 1.30 bits per heavy atom. The van der Waals surface area contributed by atoms with Crippen molar-refractivity contribution in [3.8, 4) is 11.5 Å². The minimum atomic E-state index is -0.273. The van der Waals surface area contributed by atoms with E-state index in [1.54, 1.807) is 35.4 Å². The van der Waals surface area contributed by atoms with Gasteiger partial charge in [-0.3, -0.25) is 9.59 Å². The molecule has 1 aromatic heterocycles. The van der Waals surface area contributed by atoms with E-state index < -0.39 is 0 Å². The lowest BCUT2D eigenvalue weighted by Gasteiger charge is -2.17. The number of anilines is 1. The first-order valence-corrected chi connectivity index (χ1v) is 8.60. The Kier molecular flexibility index (Phi) is 5.75. The van der Waals surface area contributed by atoms with Crippen molar-refractivity contribution in [1.82, 2.24) is 14.9 Å². The van der Waals surface area contributed by atoms with E-state index in [2.05, 4.69) is 15.6 Å². The number of nitrogens with zero attached hydrogens (tertiary/aromatic N) is 2. The minimum absolute atomic E-state index is 0.0184. The summed E-state index contributed by atoms with van der Waals surface area (Å²) in [6.45, 7) is 0.0920. The summed E-state index contributed by atoms with van der Waals surface area (Å²) in [5, 5.41) is 5.73. The number of carbonyl (C=O) groups excluding carboxylic acids is 2. The number of benzene rings is 1. The van der Waals surface area contributed by atoms with E-state index in [-0.39, 0.29) is 24.4 Å². The molecule has 8 heteroatoms. The summed E-state index contributed by atoms with van der Waals surface area (Å²) >= 11 is 0. The predicted octanol–water partition coefficient (Wildman–Crippen LogP) is 1.99. The molecule has 2 amide bonds. The third-order valence-corrected chi connectivity index (χ3v) is 4.23. The molecule has 0 fully saturated rings. The van der Waals surface area contributed by atoms with Crippen LogP contribution >= 0.6 is 0 Å². The van der Waals surface area contributed by atoms with Crippen LogP contribution < -0.4 is 20.1 Å². The SMILES string of the molecule is COc1cc(C(=O)NC2C=CCC2)cc(NC(=O)Cn2ccnc2)c1OC. The third-order valence-electron chi connectivity index (χ3n) is 4.23. The number of hydrogen-bond acceptors (Lipinski definition) is 5. The minimum Gasteiger partial charge on any atom is -0.493 e. The fraction of sp³-hybridized carbons (Fsp3) is 0.316. The first kappa shape index (κ1) is 18.5. The van der Waals surface area contributed by atoms with Gasteiger partial charge in [-0.05, 0) is 25.0 Å². The smallest absolute Gasteiger partial charge is 0.251 e. The summed E-state index contributed by atoms with van der Waals surface area (Å²) in [6, 6.07) is 3.20. The Hall–Kier alpha value is -3.29. The molecule has 0 aliphatic heterocycles. The van der Waals surface area contributed by atoms with Gasteiger partial charge in [-0.2, -0.15) is 0 Å². The zero-order valence-electron chi connectivity index (χ0n) is 15.3. The van der Waals surface area contributed by atoms with Crippen molar-refractivity contribution in [2.75, 3.05) is 19.5 Å². The number of nitrogens with one attached hydrogen (secondary N) is 2. The average molecular weight is 370 g/mol. The second-order valence-corrected chi connectivity index (χ2v) is 6.13. The van der Waals surface area contributed by atoms with Gasteiger partial charge in [0.15, 0.2) is 11.5 Å². The monoisotopic (exact) mass is 370 g/mol. The Bertz CT molecular complexity index is 846. The number of hydrogen-bond donors (Lipinski definition) is 2. The van der Waals surface area contributed by atoms with Gasteiger partial charge in [0.05, 0.1) is 26.2 Å². The molecule has 0 radical (unpaired) electrons. The molecule has 27 heavy (non-hydrogen) atoms. The number of imidazole rings is 1. The van der Waals surface area contributed by atoms with Gasteiger partial charge in [-0.25, -0.2) is 4.98 Å². The quantitative estimate of drug-likeness (QED) is 0.727. The van der Waals surface area contributed by atoms with E-state index >= 15 is 0 Å². The molecule has 1 aliphatic carbocycles. The van der Waals surface area contributed by atoms with Crippen molar-refractivity contribution in [2.45, 2.75) is 25.4 Å². The molecular formula is C19H22N4O4. The normalized spacial score (nSPS) is 15.4. The number of amides is 2. The highest BCUT2D eigenvalue weighted by Gasteiger charge is 2.20. The highest BCUT2D eigenvalue weighted by molar-refractivity contribution is 5.99. The highest BCUT2D eigenvalue weighted by atomic mass is 16.5. The lowest BCUT2D eigenvalue weighted by atomic mass is 10.1. The molecule has 2 aromatic rings. The number of carbonyl (C=O) groups is 2. The molecule has 1 aromatic carbocycles. The van der Waals surface area contributed by atoms with Gasteiger partial charge in [0.25, 0.3) is 5.91 Å². The van der Waals surface area contributed by atoms with Crippen molar-refractivity contribution >= 4 is 17.5 Å². The highest BCUT2D eigenvalue weighted by Crippen LogP contribution is 2.36. The molecule has 3 rings (SSSR count). The van der Waals surface area contributed by atoms with Crippen LogP contribution in [0.15, 0.2) is 43.0 Å². The fourth-order valence-electron chi connectivity index (χ4n) is 2.93. The van der Waals surface area contributed by atoms with E-state index in [0.717, 1.165) is 12.8 Å². The summed E-state index contributed by atoms with van der Waals surface area (Å²) in [5.41, 5.74) is 0.750. The maximum absolute atomic E-state index is 12.6. The molecule has 1 heterocycles. The molecule has 1 unspecified atom stereocenters. The average Bonchev–Trinajstić information content (AvgIpc) is 3.35. The number of rotatable bonds is 7. The molecule has 0 saturated heterocycles. The number of methoxy groups -OCH3 is 2. The van der Waals surface area contributed by atoms with Crippen molar-refractivity contribution in [3.05, 3.63) is 48.6 Å². The topological polar surface area (TPSA) is 94.5 Å². The first-order chi connectivity index (χ1) is 13.1. The van der Waals surface area contributed by atoms with Crippen LogP contribution in [0.4, 0.5) is 5.69 Å². The van der Waals surface area contributed by atoms with Crippen LogP contribution in [0.25, 0.3) is 0 Å². The Labute approximate surface area is 157 Å². The van der Waals surface area contributed by atoms with E-state index in [4.69, 9.17) is 9.47 Å². The Morgan fingerprint density at radius 2 is 2.15 bits per heavy atom. The van der Waals surface area contributed by atoms with Crippen LogP contribution in [0.2, 0.25) is 0 Å². The van der Waals surface area contributed by atoms with Crippen molar-refractivity contribution in [1.29, 1.82) is 0 Å². The van der Waals surface area contributed by atoms with Gasteiger partial charge >= 0.3 is 0 Å². The Balaban J connectivity index is 1.82. The summed E-state index contributed by atoms with van der Waals surface area (Å²) in [4.78, 5) is 28.8.